The van der Waals surface area contributed by atoms with Crippen LogP contribution in [0.25, 0.3) is 0 Å². The number of nitrogens with zero attached hydrogens (tertiary/aromatic N) is 1. The highest BCUT2D eigenvalue weighted by atomic mass is 16.5. The molecule has 0 atom stereocenters. The molecule has 0 aliphatic rings. The SMILES string of the molecule is CCc1cc(C#N)cc(C(C)C)c1CC(O)O. The van der Waals surface area contributed by atoms with Gasteiger partial charge in [-0.2, -0.15) is 5.26 Å². The number of rotatable bonds is 4. The lowest BCUT2D eigenvalue weighted by molar-refractivity contribution is -0.0384. The molecule has 1 rings (SSSR count). The van der Waals surface area contributed by atoms with E-state index in [1.165, 1.54) is 0 Å². The maximum atomic E-state index is 9.15. The largest absolute Gasteiger partial charge is 0.368 e. The van der Waals surface area contributed by atoms with Crippen molar-refractivity contribution in [1.82, 2.24) is 0 Å². The van der Waals surface area contributed by atoms with Gasteiger partial charge in [-0.3, -0.25) is 0 Å². The number of aliphatic hydroxyl groups is 2. The van der Waals surface area contributed by atoms with E-state index in [4.69, 9.17) is 15.5 Å². The first-order valence-electron chi connectivity index (χ1n) is 5.91. The molecule has 0 bridgehead atoms. The second-order valence-electron chi connectivity index (χ2n) is 4.51. The summed E-state index contributed by atoms with van der Waals surface area (Å²) in [7, 11) is 0. The molecule has 1 aromatic rings. The van der Waals surface area contributed by atoms with E-state index < -0.39 is 6.29 Å². The summed E-state index contributed by atoms with van der Waals surface area (Å²) in [4.78, 5) is 0. The zero-order chi connectivity index (χ0) is 13.0. The maximum Gasteiger partial charge on any atom is 0.155 e. The molecular formula is C14H19NO2. The lowest BCUT2D eigenvalue weighted by Crippen LogP contribution is -2.13. The fourth-order valence-corrected chi connectivity index (χ4v) is 2.08. The van der Waals surface area contributed by atoms with Gasteiger partial charge in [-0.25, -0.2) is 0 Å². The van der Waals surface area contributed by atoms with Crippen molar-refractivity contribution in [1.29, 1.82) is 5.26 Å². The summed E-state index contributed by atoms with van der Waals surface area (Å²) in [6.45, 7) is 6.10. The molecule has 3 nitrogen and oxygen atoms in total. The third-order valence-electron chi connectivity index (χ3n) is 2.90. The Morgan fingerprint density at radius 3 is 2.35 bits per heavy atom. The second-order valence-corrected chi connectivity index (χ2v) is 4.51. The van der Waals surface area contributed by atoms with E-state index in [2.05, 4.69) is 6.07 Å². The molecule has 3 heteroatoms. The number of hydrogen-bond acceptors (Lipinski definition) is 3. The van der Waals surface area contributed by atoms with E-state index >= 15 is 0 Å². The first-order valence-corrected chi connectivity index (χ1v) is 5.91. The van der Waals surface area contributed by atoms with Crippen LogP contribution in [-0.2, 0) is 12.8 Å². The van der Waals surface area contributed by atoms with Gasteiger partial charge >= 0.3 is 0 Å². The van der Waals surface area contributed by atoms with E-state index in [1.807, 2.05) is 32.9 Å². The minimum atomic E-state index is -1.34. The summed E-state index contributed by atoms with van der Waals surface area (Å²) in [6, 6.07) is 5.84. The predicted octanol–water partition coefficient (Wildman–Crippen LogP) is 2.10. The monoisotopic (exact) mass is 233 g/mol. The second kappa shape index (κ2) is 5.81. The topological polar surface area (TPSA) is 64.2 Å². The van der Waals surface area contributed by atoms with Crippen molar-refractivity contribution in [2.45, 2.75) is 45.8 Å². The summed E-state index contributed by atoms with van der Waals surface area (Å²) in [5, 5.41) is 27.3. The molecule has 2 N–H and O–H groups in total. The molecule has 0 radical (unpaired) electrons. The van der Waals surface area contributed by atoms with Crippen LogP contribution in [-0.4, -0.2) is 16.5 Å². The van der Waals surface area contributed by atoms with Crippen LogP contribution in [0.2, 0.25) is 0 Å². The van der Waals surface area contributed by atoms with E-state index in [0.29, 0.717) is 5.56 Å². The normalized spacial score (nSPS) is 10.9. The van der Waals surface area contributed by atoms with Gasteiger partial charge in [-0.1, -0.05) is 20.8 Å². The van der Waals surface area contributed by atoms with Crippen LogP contribution >= 0.6 is 0 Å². The van der Waals surface area contributed by atoms with Gasteiger partial charge in [0, 0.05) is 6.42 Å². The molecule has 0 fully saturated rings. The average Bonchev–Trinajstić information content (AvgIpc) is 2.28. The number of aryl methyl sites for hydroxylation is 1. The van der Waals surface area contributed by atoms with Crippen LogP contribution < -0.4 is 0 Å². The number of aliphatic hydroxyl groups excluding tert-OH is 1. The smallest absolute Gasteiger partial charge is 0.155 e. The molecular weight excluding hydrogens is 214 g/mol. The molecule has 0 amide bonds. The Morgan fingerprint density at radius 1 is 1.29 bits per heavy atom. The standard InChI is InChI=1S/C14H19NO2/c1-4-11-5-10(8-15)6-12(9(2)3)13(11)7-14(16)17/h5-6,9,14,16-17H,4,7H2,1-3H3. The highest BCUT2D eigenvalue weighted by molar-refractivity contribution is 5.45. The predicted molar refractivity (Wildman–Crippen MR) is 66.6 cm³/mol. The molecule has 0 aliphatic heterocycles. The zero-order valence-electron chi connectivity index (χ0n) is 10.6. The lowest BCUT2D eigenvalue weighted by atomic mass is 9.88. The summed E-state index contributed by atoms with van der Waals surface area (Å²) < 4.78 is 0. The Morgan fingerprint density at radius 2 is 1.94 bits per heavy atom. The molecule has 0 unspecified atom stereocenters. The molecule has 0 aliphatic carbocycles. The van der Waals surface area contributed by atoms with Crippen molar-refractivity contribution >= 4 is 0 Å². The van der Waals surface area contributed by atoms with Gasteiger partial charge in [-0.15, -0.1) is 0 Å². The number of benzene rings is 1. The van der Waals surface area contributed by atoms with Crippen LogP contribution in [0.15, 0.2) is 12.1 Å². The van der Waals surface area contributed by atoms with Crippen molar-refractivity contribution in [2.24, 2.45) is 0 Å². The summed E-state index contributed by atoms with van der Waals surface area (Å²) in [5.41, 5.74) is 3.67. The first-order chi connectivity index (χ1) is 7.99. The Bertz CT molecular complexity index is 431. The molecule has 0 saturated carbocycles. The highest BCUT2D eigenvalue weighted by Crippen LogP contribution is 2.26. The Balaban J connectivity index is 3.36. The maximum absolute atomic E-state index is 9.15. The Labute approximate surface area is 102 Å². The highest BCUT2D eigenvalue weighted by Gasteiger charge is 2.15. The molecule has 0 saturated heterocycles. The van der Waals surface area contributed by atoms with Gasteiger partial charge in [-0.05, 0) is 41.2 Å². The fourth-order valence-electron chi connectivity index (χ4n) is 2.08. The van der Waals surface area contributed by atoms with Crippen LogP contribution in [0.1, 0.15) is 48.9 Å². The summed E-state index contributed by atoms with van der Waals surface area (Å²) in [6.07, 6.45) is -0.328. The van der Waals surface area contributed by atoms with Crippen LogP contribution in [0.3, 0.4) is 0 Å². The Kier molecular flexibility index (Phi) is 4.68. The van der Waals surface area contributed by atoms with Crippen molar-refractivity contribution in [3.8, 4) is 6.07 Å². The summed E-state index contributed by atoms with van der Waals surface area (Å²) in [5.74, 6) is 0.266. The molecule has 92 valence electrons. The minimum absolute atomic E-state index is 0.225. The minimum Gasteiger partial charge on any atom is -0.368 e. The van der Waals surface area contributed by atoms with Crippen molar-refractivity contribution < 1.29 is 10.2 Å². The van der Waals surface area contributed by atoms with Crippen molar-refractivity contribution in [2.75, 3.05) is 0 Å². The van der Waals surface area contributed by atoms with Crippen LogP contribution in [0.5, 0.6) is 0 Å². The molecule has 17 heavy (non-hydrogen) atoms. The van der Waals surface area contributed by atoms with E-state index in [1.54, 1.807) is 0 Å². The lowest BCUT2D eigenvalue weighted by Gasteiger charge is -2.18. The van der Waals surface area contributed by atoms with Crippen LogP contribution in [0, 0.1) is 11.3 Å². The Hall–Kier alpha value is -1.37. The number of hydrogen-bond donors (Lipinski definition) is 2. The number of nitriles is 1. The first kappa shape index (κ1) is 13.7. The quantitative estimate of drug-likeness (QED) is 0.783. The van der Waals surface area contributed by atoms with Gasteiger partial charge in [0.15, 0.2) is 6.29 Å². The van der Waals surface area contributed by atoms with E-state index in [9.17, 15) is 0 Å². The van der Waals surface area contributed by atoms with Gasteiger partial charge in [0.1, 0.15) is 0 Å². The zero-order valence-corrected chi connectivity index (χ0v) is 10.6. The average molecular weight is 233 g/mol. The van der Waals surface area contributed by atoms with Crippen molar-refractivity contribution in [3.63, 3.8) is 0 Å². The van der Waals surface area contributed by atoms with E-state index in [-0.39, 0.29) is 12.3 Å². The van der Waals surface area contributed by atoms with Gasteiger partial charge in [0.05, 0.1) is 11.6 Å². The molecule has 0 heterocycles. The molecule has 0 spiro atoms. The van der Waals surface area contributed by atoms with Gasteiger partial charge in [0.2, 0.25) is 0 Å². The van der Waals surface area contributed by atoms with Gasteiger partial charge in [0.25, 0.3) is 0 Å². The summed E-state index contributed by atoms with van der Waals surface area (Å²) >= 11 is 0. The van der Waals surface area contributed by atoms with Crippen molar-refractivity contribution in [3.05, 3.63) is 34.4 Å². The van der Waals surface area contributed by atoms with Gasteiger partial charge < -0.3 is 10.2 Å². The van der Waals surface area contributed by atoms with E-state index in [0.717, 1.165) is 23.1 Å². The van der Waals surface area contributed by atoms with Crippen LogP contribution in [0.4, 0.5) is 0 Å². The fraction of sp³-hybridized carbons (Fsp3) is 0.500. The molecule has 0 aromatic heterocycles. The third-order valence-corrected chi connectivity index (χ3v) is 2.90. The molecule has 1 aromatic carbocycles. The third kappa shape index (κ3) is 3.29.